The van der Waals surface area contributed by atoms with Crippen molar-refractivity contribution in [1.82, 2.24) is 19.7 Å². The van der Waals surface area contributed by atoms with E-state index < -0.39 is 0 Å². The van der Waals surface area contributed by atoms with Crippen molar-refractivity contribution in [1.29, 1.82) is 0 Å². The van der Waals surface area contributed by atoms with E-state index in [0.717, 1.165) is 12.8 Å². The summed E-state index contributed by atoms with van der Waals surface area (Å²) in [6.45, 7) is 1.36. The van der Waals surface area contributed by atoms with Gasteiger partial charge in [-0.25, -0.2) is 0 Å². The SMILES string of the molecule is O=C(COc1ccc(Cl)cc1Cl)N1CCC(n2cnnc2)CC1. The van der Waals surface area contributed by atoms with Crippen molar-refractivity contribution < 1.29 is 9.53 Å². The van der Waals surface area contributed by atoms with Gasteiger partial charge in [0.1, 0.15) is 18.4 Å². The fraction of sp³-hybridized carbons (Fsp3) is 0.400. The maximum Gasteiger partial charge on any atom is 0.260 e. The van der Waals surface area contributed by atoms with Crippen molar-refractivity contribution in [2.45, 2.75) is 18.9 Å². The molecule has 0 unspecified atom stereocenters. The molecule has 1 aliphatic rings. The average Bonchev–Trinajstić information content (AvgIpc) is 3.08. The number of halogens is 2. The van der Waals surface area contributed by atoms with Gasteiger partial charge in [0.05, 0.1) is 5.02 Å². The van der Waals surface area contributed by atoms with Crippen LogP contribution in [0.2, 0.25) is 10.0 Å². The number of rotatable bonds is 4. The molecule has 1 aromatic heterocycles. The van der Waals surface area contributed by atoms with Crippen molar-refractivity contribution in [3.05, 3.63) is 40.9 Å². The lowest BCUT2D eigenvalue weighted by atomic mass is 10.1. The minimum Gasteiger partial charge on any atom is -0.482 e. The number of hydrogen-bond acceptors (Lipinski definition) is 4. The van der Waals surface area contributed by atoms with Crippen LogP contribution < -0.4 is 4.74 Å². The molecule has 0 saturated carbocycles. The molecule has 1 fully saturated rings. The van der Waals surface area contributed by atoms with Gasteiger partial charge in [0.2, 0.25) is 0 Å². The summed E-state index contributed by atoms with van der Waals surface area (Å²) < 4.78 is 7.49. The molecule has 23 heavy (non-hydrogen) atoms. The van der Waals surface area contributed by atoms with E-state index in [1.807, 2.05) is 9.47 Å². The number of ether oxygens (including phenoxy) is 1. The molecule has 122 valence electrons. The fourth-order valence-corrected chi connectivity index (χ4v) is 3.10. The van der Waals surface area contributed by atoms with Crippen molar-refractivity contribution in [2.75, 3.05) is 19.7 Å². The summed E-state index contributed by atoms with van der Waals surface area (Å²) in [6.07, 6.45) is 5.19. The molecule has 0 bridgehead atoms. The van der Waals surface area contributed by atoms with E-state index in [9.17, 15) is 4.79 Å². The number of carbonyl (C=O) groups is 1. The number of aromatic nitrogens is 3. The first-order valence-corrected chi connectivity index (χ1v) is 8.09. The number of amides is 1. The summed E-state index contributed by atoms with van der Waals surface area (Å²) in [6, 6.07) is 5.28. The van der Waals surface area contributed by atoms with Gasteiger partial charge in [0.15, 0.2) is 6.61 Å². The van der Waals surface area contributed by atoms with Crippen LogP contribution in [-0.4, -0.2) is 45.3 Å². The van der Waals surface area contributed by atoms with Crippen LogP contribution in [0, 0.1) is 0 Å². The van der Waals surface area contributed by atoms with Gasteiger partial charge in [-0.15, -0.1) is 10.2 Å². The number of carbonyl (C=O) groups excluding carboxylic acids is 1. The molecule has 1 aromatic carbocycles. The lowest BCUT2D eigenvalue weighted by Gasteiger charge is -2.32. The van der Waals surface area contributed by atoms with Crippen molar-refractivity contribution in [3.8, 4) is 5.75 Å². The predicted molar refractivity (Wildman–Crippen MR) is 86.8 cm³/mol. The van der Waals surface area contributed by atoms with Gasteiger partial charge in [-0.3, -0.25) is 4.79 Å². The van der Waals surface area contributed by atoms with Gasteiger partial charge in [-0.05, 0) is 31.0 Å². The zero-order valence-corrected chi connectivity index (χ0v) is 13.9. The molecule has 1 saturated heterocycles. The van der Waals surface area contributed by atoms with Crippen molar-refractivity contribution in [3.63, 3.8) is 0 Å². The Labute approximate surface area is 144 Å². The molecule has 2 heterocycles. The monoisotopic (exact) mass is 354 g/mol. The van der Waals surface area contributed by atoms with Crippen LogP contribution in [0.3, 0.4) is 0 Å². The molecule has 0 radical (unpaired) electrons. The molecular formula is C15H16Cl2N4O2. The first-order chi connectivity index (χ1) is 11.1. The Morgan fingerprint density at radius 1 is 1.22 bits per heavy atom. The van der Waals surface area contributed by atoms with Gasteiger partial charge in [-0.1, -0.05) is 23.2 Å². The Morgan fingerprint density at radius 3 is 2.57 bits per heavy atom. The highest BCUT2D eigenvalue weighted by Crippen LogP contribution is 2.27. The molecule has 0 aliphatic carbocycles. The minimum absolute atomic E-state index is 0.0291. The fourth-order valence-electron chi connectivity index (χ4n) is 2.63. The lowest BCUT2D eigenvalue weighted by molar-refractivity contribution is -0.134. The smallest absolute Gasteiger partial charge is 0.260 e. The second-order valence-electron chi connectivity index (χ2n) is 5.38. The van der Waals surface area contributed by atoms with E-state index in [1.165, 1.54) is 0 Å². The topological polar surface area (TPSA) is 60.2 Å². The predicted octanol–water partition coefficient (Wildman–Crippen LogP) is 2.83. The molecule has 0 N–H and O–H groups in total. The van der Waals surface area contributed by atoms with Gasteiger partial charge in [-0.2, -0.15) is 0 Å². The normalized spacial score (nSPS) is 15.7. The summed E-state index contributed by atoms with van der Waals surface area (Å²) in [4.78, 5) is 14.1. The Bertz CT molecular complexity index is 670. The van der Waals surface area contributed by atoms with Crippen LogP contribution in [-0.2, 0) is 4.79 Å². The Balaban J connectivity index is 1.50. The molecule has 6 nitrogen and oxygen atoms in total. The van der Waals surface area contributed by atoms with E-state index in [0.29, 0.717) is 34.9 Å². The number of hydrogen-bond donors (Lipinski definition) is 0. The summed E-state index contributed by atoms with van der Waals surface area (Å²) in [5.41, 5.74) is 0. The highest BCUT2D eigenvalue weighted by atomic mass is 35.5. The van der Waals surface area contributed by atoms with Crippen LogP contribution in [0.1, 0.15) is 18.9 Å². The molecule has 1 amide bonds. The number of likely N-dealkylation sites (tertiary alicyclic amines) is 1. The van der Waals surface area contributed by atoms with E-state index in [4.69, 9.17) is 27.9 Å². The van der Waals surface area contributed by atoms with Crippen molar-refractivity contribution in [2.24, 2.45) is 0 Å². The second kappa shape index (κ2) is 7.19. The molecular weight excluding hydrogens is 339 g/mol. The van der Waals surface area contributed by atoms with Crippen LogP contribution in [0.4, 0.5) is 0 Å². The first kappa shape index (κ1) is 16.1. The molecule has 2 aromatic rings. The Morgan fingerprint density at radius 2 is 1.91 bits per heavy atom. The second-order valence-corrected chi connectivity index (χ2v) is 6.23. The lowest BCUT2D eigenvalue weighted by Crippen LogP contribution is -2.41. The summed E-state index contributed by atoms with van der Waals surface area (Å²) >= 11 is 11.9. The van der Waals surface area contributed by atoms with Gasteiger partial charge < -0.3 is 14.2 Å². The van der Waals surface area contributed by atoms with E-state index in [-0.39, 0.29) is 12.5 Å². The molecule has 0 spiro atoms. The zero-order valence-electron chi connectivity index (χ0n) is 12.4. The van der Waals surface area contributed by atoms with E-state index >= 15 is 0 Å². The molecule has 0 atom stereocenters. The maximum atomic E-state index is 12.2. The number of benzene rings is 1. The zero-order chi connectivity index (χ0) is 16.2. The third-order valence-electron chi connectivity index (χ3n) is 3.92. The van der Waals surface area contributed by atoms with Crippen LogP contribution in [0.15, 0.2) is 30.9 Å². The number of piperidine rings is 1. The van der Waals surface area contributed by atoms with Gasteiger partial charge in [0.25, 0.3) is 5.91 Å². The molecule has 8 heteroatoms. The third-order valence-corrected chi connectivity index (χ3v) is 4.45. The molecule has 3 rings (SSSR count). The summed E-state index contributed by atoms with van der Waals surface area (Å²) in [5, 5.41) is 8.57. The third kappa shape index (κ3) is 3.95. The average molecular weight is 355 g/mol. The summed E-state index contributed by atoms with van der Waals surface area (Å²) in [5.74, 6) is 0.419. The highest BCUT2D eigenvalue weighted by Gasteiger charge is 2.24. The van der Waals surface area contributed by atoms with Crippen molar-refractivity contribution >= 4 is 29.1 Å². The summed E-state index contributed by atoms with van der Waals surface area (Å²) in [7, 11) is 0. The van der Waals surface area contributed by atoms with Gasteiger partial charge in [0, 0.05) is 24.2 Å². The van der Waals surface area contributed by atoms with Gasteiger partial charge >= 0.3 is 0 Å². The van der Waals surface area contributed by atoms with Crippen LogP contribution in [0.25, 0.3) is 0 Å². The number of nitrogens with zero attached hydrogens (tertiary/aromatic N) is 4. The minimum atomic E-state index is -0.0433. The quantitative estimate of drug-likeness (QED) is 0.846. The largest absolute Gasteiger partial charge is 0.482 e. The first-order valence-electron chi connectivity index (χ1n) is 7.33. The van der Waals surface area contributed by atoms with Crippen LogP contribution in [0.5, 0.6) is 5.75 Å². The molecule has 1 aliphatic heterocycles. The van der Waals surface area contributed by atoms with E-state index in [1.54, 1.807) is 30.9 Å². The Hall–Kier alpha value is -1.79. The maximum absolute atomic E-state index is 12.2. The highest BCUT2D eigenvalue weighted by molar-refractivity contribution is 6.35. The Kier molecular flexibility index (Phi) is 5.03. The standard InChI is InChI=1S/C15H16Cl2N4O2/c16-11-1-2-14(13(17)7-11)23-8-15(22)20-5-3-12(4-6-20)21-9-18-19-10-21/h1-2,7,9-10,12H,3-6,8H2. The van der Waals surface area contributed by atoms with Crippen LogP contribution >= 0.6 is 23.2 Å². The van der Waals surface area contributed by atoms with E-state index in [2.05, 4.69) is 10.2 Å².